The second-order valence-corrected chi connectivity index (χ2v) is 10.5. The van der Waals surface area contributed by atoms with Gasteiger partial charge in [-0.2, -0.15) is 0 Å². The minimum absolute atomic E-state index is 0.00246. The van der Waals surface area contributed by atoms with Crippen molar-refractivity contribution < 1.29 is 32.2 Å². The van der Waals surface area contributed by atoms with E-state index in [0.717, 1.165) is 24.4 Å². The molecule has 1 aliphatic rings. The summed E-state index contributed by atoms with van der Waals surface area (Å²) in [4.78, 5) is 38.5. The van der Waals surface area contributed by atoms with Crippen molar-refractivity contribution in [2.24, 2.45) is 4.99 Å². The molecule has 3 aromatic rings. The summed E-state index contributed by atoms with van der Waals surface area (Å²) < 4.78 is 49.9. The molecule has 15 heteroatoms. The molecule has 0 aliphatic carbocycles. The minimum Gasteiger partial charge on any atom is -0.612 e. The molecule has 1 fully saturated rings. The Labute approximate surface area is 241 Å². The first-order valence-corrected chi connectivity index (χ1v) is 14.2. The van der Waals surface area contributed by atoms with E-state index in [1.54, 1.807) is 0 Å². The van der Waals surface area contributed by atoms with Crippen molar-refractivity contribution in [1.82, 2.24) is 19.2 Å². The lowest BCUT2D eigenvalue weighted by Gasteiger charge is -2.31. The van der Waals surface area contributed by atoms with Crippen molar-refractivity contribution in [3.63, 3.8) is 0 Å². The molecular weight excluding hydrogens is 578 g/mol. The van der Waals surface area contributed by atoms with Crippen LogP contribution in [0, 0.1) is 11.6 Å². The Morgan fingerprint density at radius 1 is 1.29 bits per heavy atom. The summed E-state index contributed by atoms with van der Waals surface area (Å²) in [5.41, 5.74) is -0.922. The molecule has 0 saturated carbocycles. The monoisotopic (exact) mass is 602 g/mol. The third kappa shape index (κ3) is 6.82. The Kier molecular flexibility index (Phi) is 9.88. The van der Waals surface area contributed by atoms with Crippen LogP contribution in [0.5, 0.6) is 5.75 Å². The molecule has 2 amide bonds. The topological polar surface area (TPSA) is 143 Å². The van der Waals surface area contributed by atoms with Gasteiger partial charge in [-0.25, -0.2) is 18.8 Å². The van der Waals surface area contributed by atoms with Crippen molar-refractivity contribution in [1.29, 1.82) is 0 Å². The first-order chi connectivity index (χ1) is 19.7. The number of amides is 2. The molecule has 0 bridgehead atoms. The van der Waals surface area contributed by atoms with Gasteiger partial charge in [-0.05, 0) is 35.5 Å². The number of carbonyl (C=O) groups excluding carboxylic acids is 2. The van der Waals surface area contributed by atoms with Crippen LogP contribution in [-0.2, 0) is 24.9 Å². The molecule has 214 valence electrons. The van der Waals surface area contributed by atoms with Crippen LogP contribution in [0.15, 0.2) is 65.3 Å². The van der Waals surface area contributed by atoms with Crippen LogP contribution in [0.25, 0.3) is 11.3 Å². The molecule has 11 nitrogen and oxygen atoms in total. The highest BCUT2D eigenvalue weighted by atomic mass is 32.2. The van der Waals surface area contributed by atoms with Crippen molar-refractivity contribution in [2.75, 3.05) is 37.8 Å². The van der Waals surface area contributed by atoms with Crippen LogP contribution >= 0.6 is 12.2 Å². The van der Waals surface area contributed by atoms with E-state index < -0.39 is 39.8 Å². The van der Waals surface area contributed by atoms with E-state index in [2.05, 4.69) is 26.9 Å². The second-order valence-electron chi connectivity index (χ2n) is 8.37. The number of phenolic OH excluding ortho intramolecular Hbond substituents is 1. The Morgan fingerprint density at radius 2 is 2.10 bits per heavy atom. The van der Waals surface area contributed by atoms with Gasteiger partial charge in [0.2, 0.25) is 12.3 Å². The summed E-state index contributed by atoms with van der Waals surface area (Å²) in [6, 6.07) is 5.94. The number of pyridine rings is 2. The smallest absolute Gasteiger partial charge is 0.246 e. The van der Waals surface area contributed by atoms with Crippen molar-refractivity contribution in [2.45, 2.75) is 4.90 Å². The molecule has 1 unspecified atom stereocenters. The first kappa shape index (κ1) is 29.9. The van der Waals surface area contributed by atoms with Crippen LogP contribution in [0.2, 0.25) is 0 Å². The fourth-order valence-electron chi connectivity index (χ4n) is 3.91. The van der Waals surface area contributed by atoms with Gasteiger partial charge in [0.05, 0.1) is 30.5 Å². The summed E-state index contributed by atoms with van der Waals surface area (Å²) in [5.74, 6) is -3.05. The molecule has 1 aliphatic heterocycles. The number of benzene rings is 1. The molecule has 2 N–H and O–H groups in total. The number of aromatic nitrogens is 2. The van der Waals surface area contributed by atoms with E-state index in [1.807, 2.05) is 0 Å². The predicted octanol–water partition coefficient (Wildman–Crippen LogP) is 3.42. The lowest BCUT2D eigenvalue weighted by Crippen LogP contribution is -2.42. The molecule has 4 rings (SSSR count). The summed E-state index contributed by atoms with van der Waals surface area (Å²) in [5, 5.41) is 12.6. The maximum absolute atomic E-state index is 15.7. The van der Waals surface area contributed by atoms with Gasteiger partial charge >= 0.3 is 0 Å². The van der Waals surface area contributed by atoms with Gasteiger partial charge in [0.25, 0.3) is 0 Å². The average Bonchev–Trinajstić information content (AvgIpc) is 2.93. The molecule has 41 heavy (non-hydrogen) atoms. The van der Waals surface area contributed by atoms with E-state index in [9.17, 15) is 23.6 Å². The standard InChI is InChI=1S/C26H24F2N6O5S2/c1-3-22(37)33-9-10-34(40-39-12-11-33)26(31-19-14-29-8-7-21(19)41(2)38)16-13-18(28)24(32-25(16)30-15-35)23-17(27)5-4-6-20(23)36/h3-8,13-15,36H,1,9-12H2,2H3,(H,30,32,35)/b31-26+. The summed E-state index contributed by atoms with van der Waals surface area (Å²) in [7, 11) is 0. The highest BCUT2D eigenvalue weighted by molar-refractivity contribution is 7.92. The number of amidine groups is 1. The molecule has 1 atom stereocenters. The van der Waals surface area contributed by atoms with E-state index in [1.165, 1.54) is 52.1 Å². The number of halogens is 2. The van der Waals surface area contributed by atoms with Gasteiger partial charge in [-0.3, -0.25) is 23.1 Å². The normalized spacial score (nSPS) is 15.1. The van der Waals surface area contributed by atoms with Gasteiger partial charge in [-0.15, -0.1) is 0 Å². The number of aromatic hydroxyl groups is 1. The zero-order valence-electron chi connectivity index (χ0n) is 21.6. The number of nitrogens with zero attached hydrogens (tertiary/aromatic N) is 5. The number of hydrogen-bond acceptors (Lipinski definition) is 9. The van der Waals surface area contributed by atoms with E-state index in [4.69, 9.17) is 4.18 Å². The molecule has 0 spiro atoms. The molecule has 2 aromatic heterocycles. The number of aliphatic imine (C=N–C) groups is 1. The molecule has 1 aromatic carbocycles. The largest absolute Gasteiger partial charge is 0.612 e. The number of carbonyl (C=O) groups is 2. The number of hydrogen-bond donors (Lipinski definition) is 2. The first-order valence-electron chi connectivity index (χ1n) is 12.0. The van der Waals surface area contributed by atoms with E-state index >= 15 is 4.39 Å². The summed E-state index contributed by atoms with van der Waals surface area (Å²) in [6.45, 7) is 4.28. The number of anilines is 1. The van der Waals surface area contributed by atoms with Gasteiger partial charge in [-0.1, -0.05) is 12.6 Å². The SMILES string of the molecule is C=CC(=O)N1CCOSN(/C(=N/c2cnccc2[S+](C)[O-])c2cc(F)c(-c3c(O)cccc3F)nc2NC=O)CC1. The van der Waals surface area contributed by atoms with Crippen molar-refractivity contribution >= 4 is 53.1 Å². The highest BCUT2D eigenvalue weighted by Gasteiger charge is 2.28. The lowest BCUT2D eigenvalue weighted by molar-refractivity contribution is -0.126. The van der Waals surface area contributed by atoms with Crippen molar-refractivity contribution in [3.8, 4) is 17.0 Å². The Hall–Kier alpha value is -4.05. The molecule has 3 heterocycles. The quantitative estimate of drug-likeness (QED) is 0.0791. The zero-order chi connectivity index (χ0) is 29.5. The minimum atomic E-state index is -1.48. The van der Waals surface area contributed by atoms with Gasteiger partial charge in [0.15, 0.2) is 16.5 Å². The zero-order valence-corrected chi connectivity index (χ0v) is 23.3. The predicted molar refractivity (Wildman–Crippen MR) is 151 cm³/mol. The van der Waals surface area contributed by atoms with Crippen LogP contribution in [0.4, 0.5) is 20.3 Å². The van der Waals surface area contributed by atoms with E-state index in [0.29, 0.717) is 17.9 Å². The van der Waals surface area contributed by atoms with Gasteiger partial charge < -0.3 is 19.9 Å². The molecular formula is C26H24F2N6O5S2. The van der Waals surface area contributed by atoms with Gasteiger partial charge in [0, 0.05) is 25.4 Å². The fourth-order valence-corrected chi connectivity index (χ4v) is 5.20. The molecule has 1 saturated heterocycles. The molecule has 0 radical (unpaired) electrons. The van der Waals surface area contributed by atoms with Crippen LogP contribution in [0.3, 0.4) is 0 Å². The average molecular weight is 603 g/mol. The van der Waals surface area contributed by atoms with Gasteiger partial charge in [0.1, 0.15) is 47.3 Å². The Morgan fingerprint density at radius 3 is 2.80 bits per heavy atom. The third-order valence-corrected chi connectivity index (χ3v) is 7.59. The van der Waals surface area contributed by atoms with E-state index in [-0.39, 0.29) is 48.5 Å². The third-order valence-electron chi connectivity index (χ3n) is 5.82. The number of phenols is 1. The van der Waals surface area contributed by atoms with Crippen molar-refractivity contribution in [3.05, 3.63) is 72.6 Å². The fraction of sp³-hybridized carbons (Fsp3) is 0.192. The Bertz CT molecular complexity index is 1470. The van der Waals surface area contributed by atoms with Crippen LogP contribution in [0.1, 0.15) is 5.56 Å². The second kappa shape index (κ2) is 13.5. The van der Waals surface area contributed by atoms with Crippen LogP contribution in [-0.4, -0.2) is 79.5 Å². The maximum Gasteiger partial charge on any atom is 0.246 e. The maximum atomic E-state index is 15.7. The lowest BCUT2D eigenvalue weighted by atomic mass is 10.1. The Balaban J connectivity index is 1.92. The van der Waals surface area contributed by atoms with Crippen LogP contribution < -0.4 is 5.32 Å². The highest BCUT2D eigenvalue weighted by Crippen LogP contribution is 2.35. The number of rotatable bonds is 7. The summed E-state index contributed by atoms with van der Waals surface area (Å²) in [6.07, 6.45) is 5.73. The number of nitrogens with one attached hydrogen (secondary N) is 1. The summed E-state index contributed by atoms with van der Waals surface area (Å²) >= 11 is -0.614.